The molecule has 0 unspecified atom stereocenters. The van der Waals surface area contributed by atoms with Crippen molar-refractivity contribution in [3.05, 3.63) is 48.0 Å². The second kappa shape index (κ2) is 8.33. The maximum absolute atomic E-state index is 12.3. The number of sulfonamides is 1. The first-order valence-corrected chi connectivity index (χ1v) is 13.6. The molecular formula is C26H27N3O4S. The van der Waals surface area contributed by atoms with E-state index < -0.39 is 10.0 Å². The Balaban J connectivity index is 1.41. The van der Waals surface area contributed by atoms with Gasteiger partial charge in [0, 0.05) is 36.9 Å². The first-order valence-electron chi connectivity index (χ1n) is 12.0. The molecule has 3 aliphatic rings. The second-order valence-electron chi connectivity index (χ2n) is 9.33. The molecule has 2 saturated heterocycles. The third kappa shape index (κ3) is 3.73. The van der Waals surface area contributed by atoms with E-state index in [0.29, 0.717) is 30.3 Å². The highest BCUT2D eigenvalue weighted by Gasteiger charge is 2.32. The van der Waals surface area contributed by atoms with Crippen LogP contribution in [0.5, 0.6) is 5.75 Å². The van der Waals surface area contributed by atoms with Gasteiger partial charge in [0.05, 0.1) is 41.4 Å². The van der Waals surface area contributed by atoms with Gasteiger partial charge in [-0.25, -0.2) is 8.42 Å². The van der Waals surface area contributed by atoms with Crippen molar-refractivity contribution in [2.45, 2.75) is 44.2 Å². The lowest BCUT2D eigenvalue weighted by molar-refractivity contribution is 0.0256. The van der Waals surface area contributed by atoms with E-state index in [1.165, 1.54) is 4.31 Å². The van der Waals surface area contributed by atoms with E-state index in [9.17, 15) is 13.7 Å². The summed E-state index contributed by atoms with van der Waals surface area (Å²) in [5.74, 6) is 1.02. The van der Waals surface area contributed by atoms with E-state index in [0.717, 1.165) is 66.8 Å². The van der Waals surface area contributed by atoms with Crippen molar-refractivity contribution >= 4 is 26.6 Å². The average molecular weight is 478 g/mol. The van der Waals surface area contributed by atoms with E-state index in [2.05, 4.69) is 16.7 Å². The first-order chi connectivity index (χ1) is 16.5. The summed E-state index contributed by atoms with van der Waals surface area (Å²) in [6.45, 7) is 1.97. The van der Waals surface area contributed by atoms with E-state index in [1.807, 2.05) is 36.4 Å². The van der Waals surface area contributed by atoms with Crippen LogP contribution in [0, 0.1) is 11.3 Å². The van der Waals surface area contributed by atoms with E-state index in [-0.39, 0.29) is 11.9 Å². The topological polar surface area (TPSA) is 84.6 Å². The molecule has 2 aliphatic heterocycles. The van der Waals surface area contributed by atoms with Crippen molar-refractivity contribution in [2.75, 3.05) is 29.8 Å². The quantitative estimate of drug-likeness (QED) is 0.536. The predicted octanol–water partition coefficient (Wildman–Crippen LogP) is 4.61. The Morgan fingerprint density at radius 1 is 1.03 bits per heavy atom. The average Bonchev–Trinajstić information content (AvgIpc) is 3.55. The van der Waals surface area contributed by atoms with Crippen LogP contribution in [0.15, 0.2) is 42.5 Å². The molecule has 1 aliphatic carbocycles. The van der Waals surface area contributed by atoms with Crippen LogP contribution < -0.4 is 9.04 Å². The maximum atomic E-state index is 12.3. The molecule has 34 heavy (non-hydrogen) atoms. The number of nitrogens with zero attached hydrogens (tertiary/aromatic N) is 3. The molecule has 0 radical (unpaired) electrons. The van der Waals surface area contributed by atoms with Crippen molar-refractivity contribution < 1.29 is 17.9 Å². The molecule has 1 aromatic heterocycles. The summed E-state index contributed by atoms with van der Waals surface area (Å²) >= 11 is 0. The predicted molar refractivity (Wildman–Crippen MR) is 131 cm³/mol. The minimum Gasteiger partial charge on any atom is -0.490 e. The van der Waals surface area contributed by atoms with Crippen molar-refractivity contribution in [1.29, 1.82) is 5.26 Å². The van der Waals surface area contributed by atoms with Crippen LogP contribution in [0.2, 0.25) is 0 Å². The fourth-order valence-corrected chi connectivity index (χ4v) is 6.74. The highest BCUT2D eigenvalue weighted by Crippen LogP contribution is 2.45. The zero-order chi connectivity index (χ0) is 23.3. The molecule has 0 amide bonds. The lowest BCUT2D eigenvalue weighted by Crippen LogP contribution is -2.25. The molecule has 176 valence electrons. The van der Waals surface area contributed by atoms with Gasteiger partial charge in [-0.15, -0.1) is 0 Å². The largest absolute Gasteiger partial charge is 0.490 e. The van der Waals surface area contributed by atoms with Gasteiger partial charge in [0.15, 0.2) is 0 Å². The number of rotatable bonds is 5. The zero-order valence-electron chi connectivity index (χ0n) is 18.9. The summed E-state index contributed by atoms with van der Waals surface area (Å²) in [6.07, 6.45) is 4.73. The molecule has 0 atom stereocenters. The molecule has 6 rings (SSSR count). The third-order valence-corrected chi connectivity index (χ3v) is 8.87. The molecule has 0 bridgehead atoms. The fourth-order valence-electron chi connectivity index (χ4n) is 5.17. The SMILES string of the molecule is N#Cc1c(-c2ccc(N3CCCS3(=O)=O)cc2)n(C2CC2)c2cc(OC3CCOCC3)ccc12. The van der Waals surface area contributed by atoms with E-state index in [1.54, 1.807) is 0 Å². The van der Waals surface area contributed by atoms with Gasteiger partial charge in [-0.05, 0) is 49.1 Å². The number of hydrogen-bond donors (Lipinski definition) is 0. The number of anilines is 1. The van der Waals surface area contributed by atoms with Gasteiger partial charge >= 0.3 is 0 Å². The third-order valence-electron chi connectivity index (χ3n) is 7.00. The number of aromatic nitrogens is 1. The van der Waals surface area contributed by atoms with Crippen molar-refractivity contribution in [3.8, 4) is 23.1 Å². The van der Waals surface area contributed by atoms with Gasteiger partial charge in [0.2, 0.25) is 10.0 Å². The Morgan fingerprint density at radius 3 is 2.44 bits per heavy atom. The number of ether oxygens (including phenoxy) is 2. The molecule has 3 fully saturated rings. The standard InChI is InChI=1S/C26H27N3O4S/c27-17-24-23-9-8-22(33-21-10-13-32-14-11-21)16-25(23)29(20-6-7-20)26(24)18-2-4-19(5-3-18)28-12-1-15-34(28,30)31/h2-5,8-9,16,20-21H,1,6-7,10-15H2. The van der Waals surface area contributed by atoms with Gasteiger partial charge in [-0.3, -0.25) is 4.31 Å². The lowest BCUT2D eigenvalue weighted by Gasteiger charge is -2.23. The van der Waals surface area contributed by atoms with Crippen LogP contribution >= 0.6 is 0 Å². The molecule has 0 spiro atoms. The van der Waals surface area contributed by atoms with Crippen LogP contribution in [0.4, 0.5) is 5.69 Å². The molecule has 8 heteroatoms. The maximum Gasteiger partial charge on any atom is 0.235 e. The number of fused-ring (bicyclic) bond motifs is 1. The summed E-state index contributed by atoms with van der Waals surface area (Å²) in [7, 11) is -3.23. The van der Waals surface area contributed by atoms with Crippen LogP contribution in [-0.2, 0) is 14.8 Å². The Bertz CT molecular complexity index is 1380. The molecule has 3 aromatic rings. The van der Waals surface area contributed by atoms with Crippen LogP contribution in [-0.4, -0.2) is 44.6 Å². The van der Waals surface area contributed by atoms with E-state index in [4.69, 9.17) is 9.47 Å². The Kier molecular flexibility index (Phi) is 5.27. The first kappa shape index (κ1) is 21.5. The Hall–Kier alpha value is -3.02. The molecule has 2 aromatic carbocycles. The lowest BCUT2D eigenvalue weighted by atomic mass is 10.1. The Labute approximate surface area is 199 Å². The number of hydrogen-bond acceptors (Lipinski definition) is 5. The molecule has 7 nitrogen and oxygen atoms in total. The smallest absolute Gasteiger partial charge is 0.235 e. The molecule has 0 N–H and O–H groups in total. The number of benzene rings is 2. The summed E-state index contributed by atoms with van der Waals surface area (Å²) < 4.78 is 40.1. The van der Waals surface area contributed by atoms with Crippen LogP contribution in [0.3, 0.4) is 0 Å². The highest BCUT2D eigenvalue weighted by molar-refractivity contribution is 7.93. The van der Waals surface area contributed by atoms with Gasteiger partial charge in [-0.2, -0.15) is 5.26 Å². The summed E-state index contributed by atoms with van der Waals surface area (Å²) in [4.78, 5) is 0. The van der Waals surface area contributed by atoms with Gasteiger partial charge < -0.3 is 14.0 Å². The second-order valence-corrected chi connectivity index (χ2v) is 11.3. The van der Waals surface area contributed by atoms with Gasteiger partial charge in [0.25, 0.3) is 0 Å². The molecule has 3 heterocycles. The normalized spacial score (nSPS) is 20.5. The zero-order valence-corrected chi connectivity index (χ0v) is 19.8. The van der Waals surface area contributed by atoms with Crippen molar-refractivity contribution in [2.24, 2.45) is 0 Å². The van der Waals surface area contributed by atoms with E-state index >= 15 is 0 Å². The summed E-state index contributed by atoms with van der Waals surface area (Å²) in [6, 6.07) is 16.4. The minimum atomic E-state index is -3.23. The monoisotopic (exact) mass is 477 g/mol. The number of nitriles is 1. The summed E-state index contributed by atoms with van der Waals surface area (Å²) in [5, 5.41) is 11.0. The summed E-state index contributed by atoms with van der Waals surface area (Å²) in [5.41, 5.74) is 4.18. The van der Waals surface area contributed by atoms with Gasteiger partial charge in [0.1, 0.15) is 17.9 Å². The van der Waals surface area contributed by atoms with Gasteiger partial charge in [-0.1, -0.05) is 12.1 Å². The highest BCUT2D eigenvalue weighted by atomic mass is 32.2. The van der Waals surface area contributed by atoms with Crippen LogP contribution in [0.1, 0.15) is 43.7 Å². The van der Waals surface area contributed by atoms with Crippen molar-refractivity contribution in [1.82, 2.24) is 4.57 Å². The molecule has 1 saturated carbocycles. The van der Waals surface area contributed by atoms with Crippen molar-refractivity contribution in [3.63, 3.8) is 0 Å². The van der Waals surface area contributed by atoms with Crippen LogP contribution in [0.25, 0.3) is 22.2 Å². The Morgan fingerprint density at radius 2 is 1.79 bits per heavy atom. The molecular weight excluding hydrogens is 450 g/mol. The fraction of sp³-hybridized carbons (Fsp3) is 0.423. The minimum absolute atomic E-state index is 0.153.